The molecule has 0 aliphatic rings. The van der Waals surface area contributed by atoms with Gasteiger partial charge in [-0.15, -0.1) is 0 Å². The largest absolute Gasteiger partial charge is 0.462 e. The molecule has 12 heteroatoms. The summed E-state index contributed by atoms with van der Waals surface area (Å²) in [6.07, 6.45) is -5.33. The van der Waals surface area contributed by atoms with Crippen LogP contribution in [0.15, 0.2) is 36.4 Å². The number of carbonyl (C=O) groups is 2. The van der Waals surface area contributed by atoms with Crippen LogP contribution in [0.25, 0.3) is 0 Å². The van der Waals surface area contributed by atoms with E-state index in [0.717, 1.165) is 18.2 Å². The molecule has 0 radical (unpaired) electrons. The molecule has 0 spiro atoms. The summed E-state index contributed by atoms with van der Waals surface area (Å²) in [5.41, 5.74) is -1.31. The van der Waals surface area contributed by atoms with Crippen LogP contribution in [-0.4, -0.2) is 27.4 Å². The van der Waals surface area contributed by atoms with Crippen LogP contribution in [0.5, 0.6) is 11.5 Å². The minimum Gasteiger partial charge on any atom is -0.462 e. The van der Waals surface area contributed by atoms with Gasteiger partial charge in [-0.3, -0.25) is 19.7 Å². The number of benzene rings is 2. The molecule has 0 saturated heterocycles. The van der Waals surface area contributed by atoms with E-state index >= 15 is 0 Å². The summed E-state index contributed by atoms with van der Waals surface area (Å²) in [5, 5.41) is 9.71. The number of ether oxygens (including phenoxy) is 2. The van der Waals surface area contributed by atoms with Gasteiger partial charge in [0.2, 0.25) is 0 Å². The van der Waals surface area contributed by atoms with E-state index in [1.807, 2.05) is 0 Å². The van der Waals surface area contributed by atoms with Crippen LogP contribution < -0.4 is 4.74 Å². The Morgan fingerprint density at radius 3 is 2.36 bits per heavy atom. The molecular formula is C21H19ClF3NO6S. The summed E-state index contributed by atoms with van der Waals surface area (Å²) in [5.74, 6) is -0.663. The highest BCUT2D eigenvalue weighted by molar-refractivity contribution is 8.14. The van der Waals surface area contributed by atoms with Crippen LogP contribution in [0.2, 0.25) is 5.02 Å². The zero-order valence-electron chi connectivity index (χ0n) is 17.6. The number of hydrogen-bond donors (Lipinski definition) is 0. The van der Waals surface area contributed by atoms with Crippen LogP contribution in [0.4, 0.5) is 18.9 Å². The summed E-state index contributed by atoms with van der Waals surface area (Å²) in [6, 6.07) is 6.07. The number of nitro groups is 1. The quantitative estimate of drug-likeness (QED) is 0.239. The number of carbonyl (C=O) groups excluding carboxylic acids is 2. The Morgan fingerprint density at radius 1 is 1.15 bits per heavy atom. The monoisotopic (exact) mass is 505 g/mol. The van der Waals surface area contributed by atoms with Gasteiger partial charge in [0, 0.05) is 18.1 Å². The van der Waals surface area contributed by atoms with Crippen LogP contribution in [0, 0.1) is 10.1 Å². The third-order valence-corrected chi connectivity index (χ3v) is 5.31. The molecule has 0 saturated carbocycles. The van der Waals surface area contributed by atoms with E-state index in [-0.39, 0.29) is 33.9 Å². The molecule has 33 heavy (non-hydrogen) atoms. The molecule has 2 aromatic rings. The first kappa shape index (κ1) is 26.5. The first-order valence-electron chi connectivity index (χ1n) is 9.49. The van der Waals surface area contributed by atoms with Gasteiger partial charge in [-0.1, -0.05) is 23.4 Å². The second kappa shape index (κ2) is 10.9. The lowest BCUT2D eigenvalue weighted by atomic mass is 10.1. The molecule has 1 unspecified atom stereocenters. The maximum Gasteiger partial charge on any atom is 0.416 e. The molecule has 0 N–H and O–H groups in total. The lowest BCUT2D eigenvalue weighted by Crippen LogP contribution is -2.22. The molecular weight excluding hydrogens is 487 g/mol. The average Bonchev–Trinajstić information content (AvgIpc) is 2.68. The number of nitrogens with zero attached hydrogens (tertiary/aromatic N) is 1. The minimum absolute atomic E-state index is 0.00228. The fraction of sp³-hybridized carbons (Fsp3) is 0.333. The van der Waals surface area contributed by atoms with E-state index in [1.54, 1.807) is 13.8 Å². The fourth-order valence-corrected chi connectivity index (χ4v) is 3.61. The van der Waals surface area contributed by atoms with Crippen LogP contribution in [0.3, 0.4) is 0 Å². The second-order valence-corrected chi connectivity index (χ2v) is 8.89. The number of halogens is 4. The highest BCUT2D eigenvalue weighted by Crippen LogP contribution is 2.37. The van der Waals surface area contributed by atoms with Crippen molar-refractivity contribution in [1.82, 2.24) is 0 Å². The Kier molecular flexibility index (Phi) is 8.73. The number of esters is 1. The normalized spacial score (nSPS) is 12.4. The van der Waals surface area contributed by atoms with Gasteiger partial charge in [0.15, 0.2) is 5.12 Å². The molecule has 0 bridgehead atoms. The highest BCUT2D eigenvalue weighted by atomic mass is 35.5. The Morgan fingerprint density at radius 2 is 1.82 bits per heavy atom. The third kappa shape index (κ3) is 7.64. The smallest absolute Gasteiger partial charge is 0.416 e. The van der Waals surface area contributed by atoms with Crippen molar-refractivity contribution in [1.29, 1.82) is 0 Å². The summed E-state index contributed by atoms with van der Waals surface area (Å²) >= 11 is 6.56. The molecule has 2 aromatic carbocycles. The fourth-order valence-electron chi connectivity index (χ4n) is 2.60. The van der Waals surface area contributed by atoms with Crippen molar-refractivity contribution in [3.8, 4) is 11.5 Å². The predicted octanol–water partition coefficient (Wildman–Crippen LogP) is 6.20. The van der Waals surface area contributed by atoms with E-state index in [9.17, 15) is 32.9 Å². The van der Waals surface area contributed by atoms with Crippen LogP contribution in [0.1, 0.15) is 31.9 Å². The van der Waals surface area contributed by atoms with E-state index < -0.39 is 39.4 Å². The SMILES string of the molecule is CC(C)OC(=O)C(C)SC(=O)Cc1cc(Oc2ccc(C(F)(F)F)cc2Cl)ccc1[N+](=O)[O-]. The summed E-state index contributed by atoms with van der Waals surface area (Å²) < 4.78 is 48.9. The third-order valence-electron chi connectivity index (χ3n) is 4.06. The van der Waals surface area contributed by atoms with E-state index in [1.165, 1.54) is 19.1 Å². The topological polar surface area (TPSA) is 95.7 Å². The Balaban J connectivity index is 2.22. The zero-order valence-corrected chi connectivity index (χ0v) is 19.2. The van der Waals surface area contributed by atoms with Gasteiger partial charge in [-0.25, -0.2) is 0 Å². The number of alkyl halides is 3. The van der Waals surface area contributed by atoms with Crippen molar-refractivity contribution in [2.45, 2.75) is 44.7 Å². The van der Waals surface area contributed by atoms with E-state index in [0.29, 0.717) is 17.8 Å². The number of nitro benzene ring substituents is 1. The molecule has 2 rings (SSSR count). The van der Waals surface area contributed by atoms with Gasteiger partial charge in [0.1, 0.15) is 16.7 Å². The molecule has 7 nitrogen and oxygen atoms in total. The van der Waals surface area contributed by atoms with E-state index in [2.05, 4.69) is 0 Å². The van der Waals surface area contributed by atoms with Crippen molar-refractivity contribution >= 4 is 40.1 Å². The predicted molar refractivity (Wildman–Crippen MR) is 117 cm³/mol. The first-order chi connectivity index (χ1) is 15.3. The maximum absolute atomic E-state index is 12.8. The van der Waals surface area contributed by atoms with Gasteiger partial charge >= 0.3 is 12.1 Å². The molecule has 0 aliphatic carbocycles. The summed E-state index contributed by atoms with van der Waals surface area (Å²) in [4.78, 5) is 35.0. The van der Waals surface area contributed by atoms with Gasteiger partial charge in [-0.05, 0) is 51.1 Å². The minimum atomic E-state index is -4.58. The number of hydrogen-bond acceptors (Lipinski definition) is 7. The van der Waals surface area contributed by atoms with Crippen molar-refractivity contribution in [2.75, 3.05) is 0 Å². The maximum atomic E-state index is 12.8. The van der Waals surface area contributed by atoms with Crippen molar-refractivity contribution in [2.24, 2.45) is 0 Å². The lowest BCUT2D eigenvalue weighted by Gasteiger charge is -2.13. The lowest BCUT2D eigenvalue weighted by molar-refractivity contribution is -0.385. The zero-order chi connectivity index (χ0) is 24.9. The number of thioether (sulfide) groups is 1. The molecule has 0 amide bonds. The second-order valence-electron chi connectivity index (χ2n) is 7.09. The first-order valence-corrected chi connectivity index (χ1v) is 10.8. The molecule has 0 aromatic heterocycles. The standard InChI is InChI=1S/C21H19ClF3NO6S/c1-11(2)31-20(28)12(3)33-19(27)9-13-8-15(5-6-17(13)26(29)30)32-18-7-4-14(10-16(18)22)21(23,24)25/h4-8,10-12H,9H2,1-3H3. The van der Waals surface area contributed by atoms with E-state index in [4.69, 9.17) is 21.1 Å². The number of rotatable bonds is 8. The van der Waals surface area contributed by atoms with Crippen molar-refractivity contribution in [3.05, 3.63) is 62.7 Å². The molecule has 1 atom stereocenters. The summed E-state index contributed by atoms with van der Waals surface area (Å²) in [7, 11) is 0. The Labute approximate surface area is 196 Å². The molecule has 0 heterocycles. The van der Waals surface area contributed by atoms with Gasteiger partial charge < -0.3 is 9.47 Å². The van der Waals surface area contributed by atoms with Crippen LogP contribution >= 0.6 is 23.4 Å². The molecule has 0 fully saturated rings. The van der Waals surface area contributed by atoms with Gasteiger partial charge in [-0.2, -0.15) is 13.2 Å². The summed E-state index contributed by atoms with van der Waals surface area (Å²) in [6.45, 7) is 4.80. The molecule has 178 valence electrons. The Hall–Kier alpha value is -2.79. The van der Waals surface area contributed by atoms with Gasteiger partial charge in [0.25, 0.3) is 5.69 Å². The average molecular weight is 506 g/mol. The molecule has 0 aliphatic heterocycles. The van der Waals surface area contributed by atoms with Gasteiger partial charge in [0.05, 0.1) is 21.6 Å². The van der Waals surface area contributed by atoms with Crippen LogP contribution in [-0.2, 0) is 26.9 Å². The Bertz CT molecular complexity index is 1060. The van der Waals surface area contributed by atoms with Crippen molar-refractivity contribution < 1.29 is 37.2 Å². The van der Waals surface area contributed by atoms with Crippen molar-refractivity contribution in [3.63, 3.8) is 0 Å². The highest BCUT2D eigenvalue weighted by Gasteiger charge is 2.31.